The largest absolute Gasteiger partial charge is 0.373 e. The van der Waals surface area contributed by atoms with Crippen molar-refractivity contribution >= 4 is 5.78 Å². The number of aliphatic hydroxyl groups is 1. The van der Waals surface area contributed by atoms with Crippen LogP contribution in [0, 0.1) is 11.8 Å². The lowest BCUT2D eigenvalue weighted by Crippen LogP contribution is -2.33. The second kappa shape index (κ2) is 11.4. The van der Waals surface area contributed by atoms with Crippen molar-refractivity contribution in [3.05, 3.63) is 88.7 Å². The second-order valence-electron chi connectivity index (χ2n) is 9.43. The molecule has 1 aliphatic carbocycles. The Balaban J connectivity index is 1.34. The molecule has 33 heavy (non-hydrogen) atoms. The summed E-state index contributed by atoms with van der Waals surface area (Å²) in [5.41, 5.74) is 5.59. The van der Waals surface area contributed by atoms with Gasteiger partial charge in [0.15, 0.2) is 0 Å². The van der Waals surface area contributed by atoms with Crippen LogP contribution in [0.2, 0.25) is 0 Å². The fourth-order valence-corrected chi connectivity index (χ4v) is 4.70. The summed E-state index contributed by atoms with van der Waals surface area (Å²) in [5.74, 6) is 0.569. The Hall–Kier alpha value is -2.76. The van der Waals surface area contributed by atoms with Crippen LogP contribution in [-0.2, 0) is 30.5 Å². The Kier molecular flexibility index (Phi) is 8.08. The number of ketones is 1. The van der Waals surface area contributed by atoms with Crippen LogP contribution < -0.4 is 5.32 Å². The van der Waals surface area contributed by atoms with Crippen LogP contribution in [0.3, 0.4) is 0 Å². The van der Waals surface area contributed by atoms with Crippen LogP contribution >= 0.6 is 0 Å². The van der Waals surface area contributed by atoms with E-state index in [0.717, 1.165) is 44.2 Å². The quantitative estimate of drug-likeness (QED) is 0.466. The van der Waals surface area contributed by atoms with Gasteiger partial charge in [-0.15, -0.1) is 0 Å². The molecule has 0 spiro atoms. The first-order valence-corrected chi connectivity index (χ1v) is 12.2. The zero-order chi connectivity index (χ0) is 23.0. The van der Waals surface area contributed by atoms with Gasteiger partial charge in [0.25, 0.3) is 0 Å². The van der Waals surface area contributed by atoms with Crippen LogP contribution in [0.4, 0.5) is 0 Å². The number of fused-ring (bicyclic) bond motifs is 1. The van der Waals surface area contributed by atoms with Gasteiger partial charge in [-0.05, 0) is 67.2 Å². The first-order valence-electron chi connectivity index (χ1n) is 12.2. The average Bonchev–Trinajstić information content (AvgIpc) is 3.31. The number of benzene rings is 2. The van der Waals surface area contributed by atoms with E-state index in [4.69, 9.17) is 0 Å². The van der Waals surface area contributed by atoms with Gasteiger partial charge in [0, 0.05) is 18.9 Å². The minimum atomic E-state index is -0.865. The van der Waals surface area contributed by atoms with E-state index in [0.29, 0.717) is 30.4 Å². The first kappa shape index (κ1) is 23.4. The summed E-state index contributed by atoms with van der Waals surface area (Å²) in [4.78, 5) is 13.0. The lowest BCUT2D eigenvalue weighted by Gasteiger charge is -2.23. The number of nitrogens with one attached hydrogen (secondary N) is 2. The smallest absolute Gasteiger partial charge is 0.147 e. The Bertz CT molecular complexity index is 1030. The molecular formula is C28H35N3O2. The predicted molar refractivity (Wildman–Crippen MR) is 131 cm³/mol. The molecule has 2 aromatic carbocycles. The number of aromatic amines is 1. The summed E-state index contributed by atoms with van der Waals surface area (Å²) in [6.07, 6.45) is 5.23. The number of hydrogen-bond donors (Lipinski definition) is 3. The van der Waals surface area contributed by atoms with Crippen LogP contribution in [0.15, 0.2) is 60.7 Å². The predicted octanol–water partition coefficient (Wildman–Crippen LogP) is 4.57. The molecule has 3 atom stereocenters. The zero-order valence-corrected chi connectivity index (χ0v) is 19.5. The van der Waals surface area contributed by atoms with Crippen molar-refractivity contribution in [2.24, 2.45) is 11.8 Å². The molecule has 0 saturated heterocycles. The fraction of sp³-hybridized carbons (Fsp3) is 0.429. The third-order valence-electron chi connectivity index (χ3n) is 6.81. The van der Waals surface area contributed by atoms with Gasteiger partial charge >= 0.3 is 0 Å². The van der Waals surface area contributed by atoms with Crippen molar-refractivity contribution in [2.45, 2.75) is 58.1 Å². The minimum absolute atomic E-state index is 0.103. The number of aliphatic hydroxyl groups excluding tert-OH is 1. The van der Waals surface area contributed by atoms with Gasteiger partial charge in [-0.3, -0.25) is 15.2 Å². The van der Waals surface area contributed by atoms with E-state index in [2.05, 4.69) is 58.8 Å². The molecular weight excluding hydrogens is 410 g/mol. The van der Waals surface area contributed by atoms with Crippen LogP contribution in [0.25, 0.3) is 0 Å². The summed E-state index contributed by atoms with van der Waals surface area (Å²) in [7, 11) is 0. The standard InChI is InChI=1S/C28H35N3O2/c1-20-11-13-22-9-5-6-10-23(22)14-15-24(27(32)17-20)19-29-28(33)26-18-25(30-31-26)16-12-21-7-3-2-4-8-21/h2-10,18,20,24,28-29,33H,11-17,19H2,1H3,(H,30,31). The summed E-state index contributed by atoms with van der Waals surface area (Å²) in [6, 6.07) is 20.8. The van der Waals surface area contributed by atoms with Crippen molar-refractivity contribution in [1.29, 1.82) is 0 Å². The lowest BCUT2D eigenvalue weighted by molar-refractivity contribution is -0.124. The van der Waals surface area contributed by atoms with E-state index >= 15 is 0 Å². The highest BCUT2D eigenvalue weighted by molar-refractivity contribution is 5.81. The molecule has 1 aliphatic rings. The van der Waals surface area contributed by atoms with Crippen molar-refractivity contribution in [3.8, 4) is 0 Å². The highest BCUT2D eigenvalue weighted by Crippen LogP contribution is 2.24. The molecule has 0 aliphatic heterocycles. The second-order valence-corrected chi connectivity index (χ2v) is 9.43. The van der Waals surface area contributed by atoms with Crippen LogP contribution in [0.5, 0.6) is 0 Å². The number of aryl methyl sites for hydroxylation is 4. The molecule has 5 heteroatoms. The molecule has 0 saturated carbocycles. The monoisotopic (exact) mass is 445 g/mol. The van der Waals surface area contributed by atoms with E-state index in [1.54, 1.807) is 0 Å². The molecule has 0 radical (unpaired) electrons. The first-order chi connectivity index (χ1) is 16.1. The summed E-state index contributed by atoms with van der Waals surface area (Å²) < 4.78 is 0. The molecule has 3 aromatic rings. The molecule has 4 rings (SSSR count). The Labute approximate surface area is 196 Å². The highest BCUT2D eigenvalue weighted by Gasteiger charge is 2.24. The Morgan fingerprint density at radius 1 is 1.03 bits per heavy atom. The number of H-pyrrole nitrogens is 1. The molecule has 3 N–H and O–H groups in total. The van der Waals surface area contributed by atoms with Crippen molar-refractivity contribution in [2.75, 3.05) is 6.54 Å². The maximum absolute atomic E-state index is 13.0. The van der Waals surface area contributed by atoms with Crippen LogP contribution in [-0.4, -0.2) is 27.6 Å². The van der Waals surface area contributed by atoms with E-state index in [-0.39, 0.29) is 5.92 Å². The molecule has 1 aromatic heterocycles. The molecule has 0 amide bonds. The number of carbonyl (C=O) groups is 1. The third kappa shape index (κ3) is 6.62. The van der Waals surface area contributed by atoms with Crippen molar-refractivity contribution < 1.29 is 9.90 Å². The summed E-state index contributed by atoms with van der Waals surface area (Å²) in [5, 5.41) is 21.2. The van der Waals surface area contributed by atoms with Gasteiger partial charge in [0.2, 0.25) is 0 Å². The van der Waals surface area contributed by atoms with Gasteiger partial charge in [0.05, 0.1) is 11.4 Å². The SMILES string of the molecule is CC1CCc2ccccc2CCC(CNC(O)c2cc(CCc3ccccc3)n[nH]2)C(=O)C1. The number of rotatable bonds is 7. The van der Waals surface area contributed by atoms with E-state index in [1.165, 1.54) is 16.7 Å². The van der Waals surface area contributed by atoms with Gasteiger partial charge < -0.3 is 5.11 Å². The number of carbonyl (C=O) groups excluding carboxylic acids is 1. The molecule has 0 fully saturated rings. The van der Waals surface area contributed by atoms with E-state index in [9.17, 15) is 9.90 Å². The third-order valence-corrected chi connectivity index (χ3v) is 6.81. The number of aromatic nitrogens is 2. The zero-order valence-electron chi connectivity index (χ0n) is 19.5. The fourth-order valence-electron chi connectivity index (χ4n) is 4.70. The molecule has 174 valence electrons. The van der Waals surface area contributed by atoms with Crippen molar-refractivity contribution in [1.82, 2.24) is 15.5 Å². The molecule has 5 nitrogen and oxygen atoms in total. The lowest BCUT2D eigenvalue weighted by atomic mass is 9.84. The molecule has 3 unspecified atom stereocenters. The number of hydrogen-bond acceptors (Lipinski definition) is 4. The summed E-state index contributed by atoms with van der Waals surface area (Å²) >= 11 is 0. The maximum Gasteiger partial charge on any atom is 0.147 e. The van der Waals surface area contributed by atoms with Gasteiger partial charge in [-0.1, -0.05) is 61.5 Å². The summed E-state index contributed by atoms with van der Waals surface area (Å²) in [6.45, 7) is 2.64. The molecule has 1 heterocycles. The molecule has 0 bridgehead atoms. The highest BCUT2D eigenvalue weighted by atomic mass is 16.3. The van der Waals surface area contributed by atoms with Crippen LogP contribution in [0.1, 0.15) is 60.5 Å². The van der Waals surface area contributed by atoms with E-state index in [1.807, 2.05) is 24.3 Å². The Morgan fingerprint density at radius 3 is 2.48 bits per heavy atom. The average molecular weight is 446 g/mol. The minimum Gasteiger partial charge on any atom is -0.373 e. The van der Waals surface area contributed by atoms with Crippen molar-refractivity contribution in [3.63, 3.8) is 0 Å². The van der Waals surface area contributed by atoms with Gasteiger partial charge in [-0.2, -0.15) is 5.10 Å². The number of nitrogens with zero attached hydrogens (tertiary/aromatic N) is 1. The van der Waals surface area contributed by atoms with E-state index < -0.39 is 6.23 Å². The maximum atomic E-state index is 13.0. The Morgan fingerprint density at radius 2 is 1.73 bits per heavy atom. The van der Waals surface area contributed by atoms with Gasteiger partial charge in [0.1, 0.15) is 12.0 Å². The topological polar surface area (TPSA) is 78.0 Å². The number of Topliss-reactive ketones (excluding diaryl/α,β-unsaturated/α-hetero) is 1. The normalized spacial score (nSPS) is 20.2. The van der Waals surface area contributed by atoms with Gasteiger partial charge in [-0.25, -0.2) is 0 Å².